The number of rotatable bonds is 1. The predicted molar refractivity (Wildman–Crippen MR) is 52.3 cm³/mol. The third-order valence-corrected chi connectivity index (χ3v) is 2.98. The molecule has 74 valence electrons. The number of benzene rings is 1. The Bertz CT molecular complexity index is 372. The van der Waals surface area contributed by atoms with Crippen molar-refractivity contribution in [2.75, 3.05) is 19.8 Å². The van der Waals surface area contributed by atoms with Crippen LogP contribution in [0.15, 0.2) is 18.2 Å². The highest BCUT2D eigenvalue weighted by atomic mass is 16.5. The van der Waals surface area contributed by atoms with E-state index >= 15 is 0 Å². The van der Waals surface area contributed by atoms with E-state index in [0.717, 1.165) is 18.8 Å². The van der Waals surface area contributed by atoms with Crippen molar-refractivity contribution in [1.29, 1.82) is 0 Å². The van der Waals surface area contributed by atoms with Gasteiger partial charge >= 0.3 is 0 Å². The van der Waals surface area contributed by atoms with Crippen LogP contribution in [0.5, 0.6) is 5.75 Å². The molecule has 0 spiro atoms. The Morgan fingerprint density at radius 2 is 2.14 bits per heavy atom. The lowest BCUT2D eigenvalue weighted by Crippen LogP contribution is -2.54. The van der Waals surface area contributed by atoms with Gasteiger partial charge in [-0.05, 0) is 23.3 Å². The van der Waals surface area contributed by atoms with Gasteiger partial charge in [-0.25, -0.2) is 0 Å². The second kappa shape index (κ2) is 2.72. The van der Waals surface area contributed by atoms with Crippen molar-refractivity contribution in [2.24, 2.45) is 5.73 Å². The zero-order valence-corrected chi connectivity index (χ0v) is 7.95. The van der Waals surface area contributed by atoms with E-state index in [1.165, 1.54) is 11.1 Å². The summed E-state index contributed by atoms with van der Waals surface area (Å²) in [4.78, 5) is 0. The lowest BCUT2D eigenvalue weighted by Gasteiger charge is -2.38. The minimum atomic E-state index is -0.252. The van der Waals surface area contributed by atoms with Crippen LogP contribution in [0.2, 0.25) is 0 Å². The first-order valence-corrected chi connectivity index (χ1v) is 4.91. The molecule has 1 aromatic carbocycles. The molecule has 0 atom stereocenters. The van der Waals surface area contributed by atoms with Gasteiger partial charge < -0.3 is 15.2 Å². The lowest BCUT2D eigenvalue weighted by atomic mass is 9.88. The molecule has 3 rings (SSSR count). The summed E-state index contributed by atoms with van der Waals surface area (Å²) >= 11 is 0. The third-order valence-electron chi connectivity index (χ3n) is 2.98. The molecule has 0 bridgehead atoms. The summed E-state index contributed by atoms with van der Waals surface area (Å²) in [5.41, 5.74) is 8.35. The van der Waals surface area contributed by atoms with Crippen molar-refractivity contribution in [1.82, 2.24) is 0 Å². The van der Waals surface area contributed by atoms with Gasteiger partial charge in [0.15, 0.2) is 0 Å². The van der Waals surface area contributed by atoms with Crippen LogP contribution < -0.4 is 10.5 Å². The Kier molecular flexibility index (Phi) is 1.60. The molecule has 0 aromatic heterocycles. The number of nitrogens with two attached hydrogens (primary N) is 1. The maximum atomic E-state index is 6.15. The van der Waals surface area contributed by atoms with Crippen LogP contribution in [0.4, 0.5) is 0 Å². The molecule has 1 aromatic rings. The standard InChI is InChI=1S/C11H13NO2/c12-11(6-13-7-11)9-1-2-10-8(5-9)3-4-14-10/h1-2,5H,3-4,6-7,12H2. The summed E-state index contributed by atoms with van der Waals surface area (Å²) < 4.78 is 10.6. The number of ether oxygens (including phenoxy) is 2. The van der Waals surface area contributed by atoms with Crippen LogP contribution in [0.3, 0.4) is 0 Å². The average Bonchev–Trinajstić information content (AvgIpc) is 2.60. The van der Waals surface area contributed by atoms with Gasteiger partial charge in [-0.15, -0.1) is 0 Å². The third kappa shape index (κ3) is 1.06. The van der Waals surface area contributed by atoms with E-state index in [1.54, 1.807) is 0 Å². The normalized spacial score (nSPS) is 22.4. The number of hydrogen-bond acceptors (Lipinski definition) is 3. The van der Waals surface area contributed by atoms with Crippen molar-refractivity contribution in [3.05, 3.63) is 29.3 Å². The Labute approximate surface area is 82.8 Å². The van der Waals surface area contributed by atoms with Crippen molar-refractivity contribution in [2.45, 2.75) is 12.0 Å². The molecule has 1 fully saturated rings. The maximum Gasteiger partial charge on any atom is 0.122 e. The van der Waals surface area contributed by atoms with Gasteiger partial charge in [0, 0.05) is 6.42 Å². The molecule has 14 heavy (non-hydrogen) atoms. The highest BCUT2D eigenvalue weighted by molar-refractivity contribution is 5.42. The molecule has 2 heterocycles. The Morgan fingerprint density at radius 1 is 1.29 bits per heavy atom. The van der Waals surface area contributed by atoms with Crippen molar-refractivity contribution >= 4 is 0 Å². The van der Waals surface area contributed by atoms with Crippen molar-refractivity contribution in [3.8, 4) is 5.75 Å². The van der Waals surface area contributed by atoms with Gasteiger partial charge in [0.05, 0.1) is 25.4 Å². The molecule has 2 aliphatic heterocycles. The molecule has 2 aliphatic rings. The Balaban J connectivity index is 2.00. The van der Waals surface area contributed by atoms with Crippen LogP contribution >= 0.6 is 0 Å². The van der Waals surface area contributed by atoms with Crippen molar-refractivity contribution in [3.63, 3.8) is 0 Å². The smallest absolute Gasteiger partial charge is 0.122 e. The molecule has 2 N–H and O–H groups in total. The maximum absolute atomic E-state index is 6.15. The second-order valence-corrected chi connectivity index (χ2v) is 4.07. The van der Waals surface area contributed by atoms with Gasteiger partial charge in [0.25, 0.3) is 0 Å². The summed E-state index contributed by atoms with van der Waals surface area (Å²) in [5, 5.41) is 0. The molecule has 3 heteroatoms. The van der Waals surface area contributed by atoms with Crippen molar-refractivity contribution < 1.29 is 9.47 Å². The first kappa shape index (κ1) is 8.26. The lowest BCUT2D eigenvalue weighted by molar-refractivity contribution is -0.0569. The quantitative estimate of drug-likeness (QED) is 0.714. The molecule has 0 aliphatic carbocycles. The minimum absolute atomic E-state index is 0.252. The van der Waals surface area contributed by atoms with E-state index in [9.17, 15) is 0 Å². The fourth-order valence-corrected chi connectivity index (χ4v) is 1.98. The average molecular weight is 191 g/mol. The second-order valence-electron chi connectivity index (χ2n) is 4.07. The molecular weight excluding hydrogens is 178 g/mol. The van der Waals surface area contributed by atoms with E-state index in [-0.39, 0.29) is 5.54 Å². The molecule has 0 saturated carbocycles. The van der Waals surface area contributed by atoms with E-state index in [4.69, 9.17) is 15.2 Å². The summed E-state index contributed by atoms with van der Waals surface area (Å²) in [7, 11) is 0. The Morgan fingerprint density at radius 3 is 2.86 bits per heavy atom. The van der Waals surface area contributed by atoms with E-state index < -0.39 is 0 Å². The van der Waals surface area contributed by atoms with Gasteiger partial charge in [0.2, 0.25) is 0 Å². The van der Waals surface area contributed by atoms with Gasteiger partial charge in [-0.3, -0.25) is 0 Å². The zero-order valence-electron chi connectivity index (χ0n) is 7.95. The van der Waals surface area contributed by atoms with E-state index in [0.29, 0.717) is 13.2 Å². The SMILES string of the molecule is NC1(c2ccc3c(c2)CCO3)COC1. The fourth-order valence-electron chi connectivity index (χ4n) is 1.98. The first-order chi connectivity index (χ1) is 6.78. The highest BCUT2D eigenvalue weighted by Crippen LogP contribution is 2.32. The van der Waals surface area contributed by atoms with Gasteiger partial charge in [-0.1, -0.05) is 6.07 Å². The monoisotopic (exact) mass is 191 g/mol. The molecule has 1 saturated heterocycles. The van der Waals surface area contributed by atoms with Crippen LogP contribution in [0.1, 0.15) is 11.1 Å². The van der Waals surface area contributed by atoms with Crippen LogP contribution in [-0.4, -0.2) is 19.8 Å². The molecule has 0 unspecified atom stereocenters. The minimum Gasteiger partial charge on any atom is -0.493 e. The predicted octanol–water partition coefficient (Wildman–Crippen LogP) is 0.806. The molecule has 0 radical (unpaired) electrons. The summed E-state index contributed by atoms with van der Waals surface area (Å²) in [6.07, 6.45) is 1.00. The number of fused-ring (bicyclic) bond motifs is 1. The van der Waals surface area contributed by atoms with Crippen LogP contribution in [-0.2, 0) is 16.7 Å². The molecule has 3 nitrogen and oxygen atoms in total. The first-order valence-electron chi connectivity index (χ1n) is 4.91. The van der Waals surface area contributed by atoms with Crippen LogP contribution in [0, 0.1) is 0 Å². The number of hydrogen-bond donors (Lipinski definition) is 1. The van der Waals surface area contributed by atoms with E-state index in [2.05, 4.69) is 6.07 Å². The summed E-state index contributed by atoms with van der Waals surface area (Å²) in [6, 6.07) is 6.22. The van der Waals surface area contributed by atoms with E-state index in [1.807, 2.05) is 12.1 Å². The van der Waals surface area contributed by atoms with Gasteiger partial charge in [-0.2, -0.15) is 0 Å². The van der Waals surface area contributed by atoms with Crippen LogP contribution in [0.25, 0.3) is 0 Å². The molecular formula is C11H13NO2. The highest BCUT2D eigenvalue weighted by Gasteiger charge is 2.36. The fraction of sp³-hybridized carbons (Fsp3) is 0.455. The van der Waals surface area contributed by atoms with Gasteiger partial charge in [0.1, 0.15) is 5.75 Å². The zero-order chi connectivity index (χ0) is 9.60. The Hall–Kier alpha value is -1.06. The topological polar surface area (TPSA) is 44.5 Å². The summed E-state index contributed by atoms with van der Waals surface area (Å²) in [5.74, 6) is 1.01. The summed E-state index contributed by atoms with van der Waals surface area (Å²) in [6.45, 7) is 2.06. The largest absolute Gasteiger partial charge is 0.493 e. The molecule has 0 amide bonds.